The standard InChI is InChI=1S/C22H17ClF2N4O3S/c1-2-4-12-5-3-6-13(9-12)33(31,32)29-16-8-7-15(24)18(19(16)25)20(30)14-10-26-22-17(14)21(23)27-11-28-22/h3,5-11,29H,2,4H2,1H3,(H,26,27,28). The van der Waals surface area contributed by atoms with Gasteiger partial charge in [-0.2, -0.15) is 0 Å². The number of fused-ring (bicyclic) bond motifs is 1. The Labute approximate surface area is 192 Å². The molecule has 0 saturated heterocycles. The molecular weight excluding hydrogens is 474 g/mol. The first-order valence-corrected chi connectivity index (χ1v) is 11.7. The Kier molecular flexibility index (Phi) is 6.13. The SMILES string of the molecule is CCCc1cccc(S(=O)(=O)Nc2ccc(F)c(C(=O)c3c[nH]c4ncnc(Cl)c34)c2F)c1. The Morgan fingerprint density at radius 3 is 2.73 bits per heavy atom. The van der Waals surface area contributed by atoms with Crippen LogP contribution in [0, 0.1) is 11.6 Å². The minimum absolute atomic E-state index is 0.0748. The summed E-state index contributed by atoms with van der Waals surface area (Å²) in [6, 6.07) is 7.94. The molecule has 0 aliphatic carbocycles. The topological polar surface area (TPSA) is 105 Å². The molecule has 4 aromatic rings. The van der Waals surface area contributed by atoms with Crippen LogP contribution in [0.1, 0.15) is 34.8 Å². The fourth-order valence-corrected chi connectivity index (χ4v) is 4.80. The van der Waals surface area contributed by atoms with E-state index in [2.05, 4.69) is 19.7 Å². The lowest BCUT2D eigenvalue weighted by Crippen LogP contribution is -2.16. The molecule has 0 spiro atoms. The van der Waals surface area contributed by atoms with E-state index in [0.29, 0.717) is 6.42 Å². The summed E-state index contributed by atoms with van der Waals surface area (Å²) in [6.45, 7) is 1.96. The van der Waals surface area contributed by atoms with E-state index in [9.17, 15) is 17.6 Å². The Morgan fingerprint density at radius 1 is 1.18 bits per heavy atom. The first-order valence-electron chi connectivity index (χ1n) is 9.85. The summed E-state index contributed by atoms with van der Waals surface area (Å²) < 4.78 is 57.6. The van der Waals surface area contributed by atoms with Gasteiger partial charge in [0.05, 0.1) is 27.1 Å². The van der Waals surface area contributed by atoms with Crippen molar-refractivity contribution >= 4 is 44.1 Å². The summed E-state index contributed by atoms with van der Waals surface area (Å²) >= 11 is 6.03. The molecule has 0 fully saturated rings. The molecule has 170 valence electrons. The second kappa shape index (κ2) is 8.87. The van der Waals surface area contributed by atoms with E-state index in [1.165, 1.54) is 24.7 Å². The molecule has 2 aromatic heterocycles. The lowest BCUT2D eigenvalue weighted by atomic mass is 10.0. The molecule has 2 N–H and O–H groups in total. The highest BCUT2D eigenvalue weighted by Gasteiger charge is 2.27. The number of sulfonamides is 1. The number of aromatic nitrogens is 3. The Hall–Kier alpha value is -3.37. The highest BCUT2D eigenvalue weighted by molar-refractivity contribution is 7.92. The number of H-pyrrole nitrogens is 1. The summed E-state index contributed by atoms with van der Waals surface area (Å²) in [6.07, 6.45) is 3.87. The van der Waals surface area contributed by atoms with Crippen molar-refractivity contribution in [2.75, 3.05) is 4.72 Å². The second-order valence-corrected chi connectivity index (χ2v) is 9.25. The molecule has 2 heterocycles. The van der Waals surface area contributed by atoms with Gasteiger partial charge in [0.1, 0.15) is 22.9 Å². The van der Waals surface area contributed by atoms with Crippen molar-refractivity contribution in [3.63, 3.8) is 0 Å². The number of carbonyl (C=O) groups excluding carboxylic acids is 1. The number of aryl methyl sites for hydroxylation is 1. The molecule has 4 rings (SSSR count). The maximum atomic E-state index is 15.3. The van der Waals surface area contributed by atoms with E-state index in [1.807, 2.05) is 6.92 Å². The lowest BCUT2D eigenvalue weighted by molar-refractivity contribution is 0.103. The quantitative estimate of drug-likeness (QED) is 0.284. The average Bonchev–Trinajstić information content (AvgIpc) is 3.22. The zero-order valence-corrected chi connectivity index (χ0v) is 18.8. The molecule has 0 saturated carbocycles. The summed E-state index contributed by atoms with van der Waals surface area (Å²) in [5.41, 5.74) is -0.642. The number of halogens is 3. The fourth-order valence-electron chi connectivity index (χ4n) is 3.44. The van der Waals surface area contributed by atoms with E-state index in [4.69, 9.17) is 11.6 Å². The maximum absolute atomic E-state index is 15.3. The van der Waals surface area contributed by atoms with Gasteiger partial charge in [0.25, 0.3) is 10.0 Å². The van der Waals surface area contributed by atoms with Crippen LogP contribution in [-0.2, 0) is 16.4 Å². The van der Waals surface area contributed by atoms with Crippen LogP contribution in [0.2, 0.25) is 5.15 Å². The van der Waals surface area contributed by atoms with Gasteiger partial charge in [0, 0.05) is 6.20 Å². The van der Waals surface area contributed by atoms with Crippen LogP contribution in [0.5, 0.6) is 0 Å². The van der Waals surface area contributed by atoms with Crippen molar-refractivity contribution < 1.29 is 22.0 Å². The molecule has 7 nitrogen and oxygen atoms in total. The van der Waals surface area contributed by atoms with E-state index in [1.54, 1.807) is 12.1 Å². The van der Waals surface area contributed by atoms with Crippen molar-refractivity contribution in [2.24, 2.45) is 0 Å². The van der Waals surface area contributed by atoms with Crippen molar-refractivity contribution in [3.8, 4) is 0 Å². The van der Waals surface area contributed by atoms with Crippen molar-refractivity contribution in [1.82, 2.24) is 15.0 Å². The molecule has 33 heavy (non-hydrogen) atoms. The molecule has 0 aliphatic heterocycles. The van der Waals surface area contributed by atoms with Gasteiger partial charge in [-0.3, -0.25) is 9.52 Å². The van der Waals surface area contributed by atoms with Gasteiger partial charge < -0.3 is 4.98 Å². The van der Waals surface area contributed by atoms with Gasteiger partial charge in [0.2, 0.25) is 5.78 Å². The molecular formula is C22H17ClF2N4O3S. The molecule has 0 radical (unpaired) electrons. The van der Waals surface area contributed by atoms with Crippen LogP contribution < -0.4 is 4.72 Å². The third kappa shape index (κ3) is 4.31. The summed E-state index contributed by atoms with van der Waals surface area (Å²) in [7, 11) is -4.20. The van der Waals surface area contributed by atoms with Crippen LogP contribution in [0.4, 0.5) is 14.5 Å². The van der Waals surface area contributed by atoms with Gasteiger partial charge in [0.15, 0.2) is 5.82 Å². The van der Waals surface area contributed by atoms with E-state index < -0.39 is 38.7 Å². The van der Waals surface area contributed by atoms with Gasteiger partial charge >= 0.3 is 0 Å². The van der Waals surface area contributed by atoms with E-state index in [0.717, 1.165) is 24.1 Å². The fraction of sp³-hybridized carbons (Fsp3) is 0.136. The Balaban J connectivity index is 1.74. The van der Waals surface area contributed by atoms with Crippen LogP contribution >= 0.6 is 11.6 Å². The zero-order chi connectivity index (χ0) is 23.8. The van der Waals surface area contributed by atoms with E-state index >= 15 is 4.39 Å². The molecule has 11 heteroatoms. The van der Waals surface area contributed by atoms with Crippen molar-refractivity contribution in [1.29, 1.82) is 0 Å². The highest BCUT2D eigenvalue weighted by Crippen LogP contribution is 2.30. The second-order valence-electron chi connectivity index (χ2n) is 7.21. The van der Waals surface area contributed by atoms with Crippen molar-refractivity contribution in [2.45, 2.75) is 24.7 Å². The number of carbonyl (C=O) groups is 1. The van der Waals surface area contributed by atoms with Crippen LogP contribution in [0.15, 0.2) is 53.8 Å². The minimum Gasteiger partial charge on any atom is -0.345 e. The third-order valence-corrected chi connectivity index (χ3v) is 6.63. The van der Waals surface area contributed by atoms with E-state index in [-0.39, 0.29) is 26.6 Å². The zero-order valence-electron chi connectivity index (χ0n) is 17.2. The van der Waals surface area contributed by atoms with Crippen LogP contribution in [0.25, 0.3) is 11.0 Å². The van der Waals surface area contributed by atoms with Gasteiger partial charge in [-0.15, -0.1) is 0 Å². The number of anilines is 1. The number of hydrogen-bond acceptors (Lipinski definition) is 5. The number of ketones is 1. The molecule has 0 amide bonds. The normalized spacial score (nSPS) is 11.6. The Bertz CT molecular complexity index is 1490. The maximum Gasteiger partial charge on any atom is 0.261 e. The summed E-state index contributed by atoms with van der Waals surface area (Å²) in [4.78, 5) is 23.4. The lowest BCUT2D eigenvalue weighted by Gasteiger charge is -2.12. The predicted octanol–water partition coefficient (Wildman–Crippen LogP) is 4.87. The summed E-state index contributed by atoms with van der Waals surface area (Å²) in [5, 5.41) is 0.0240. The summed E-state index contributed by atoms with van der Waals surface area (Å²) in [5.74, 6) is -3.55. The van der Waals surface area contributed by atoms with Crippen LogP contribution in [-0.4, -0.2) is 29.2 Å². The largest absolute Gasteiger partial charge is 0.345 e. The van der Waals surface area contributed by atoms with Crippen LogP contribution in [0.3, 0.4) is 0 Å². The molecule has 0 aliphatic rings. The monoisotopic (exact) mass is 490 g/mol. The molecule has 2 aromatic carbocycles. The third-order valence-electron chi connectivity index (χ3n) is 4.98. The molecule has 0 unspecified atom stereocenters. The Morgan fingerprint density at radius 2 is 1.97 bits per heavy atom. The first-order chi connectivity index (χ1) is 15.7. The number of benzene rings is 2. The van der Waals surface area contributed by atoms with Gasteiger partial charge in [-0.1, -0.05) is 37.1 Å². The number of rotatable bonds is 7. The number of nitrogens with zero attached hydrogens (tertiary/aromatic N) is 2. The number of nitrogens with one attached hydrogen (secondary N) is 2. The highest BCUT2D eigenvalue weighted by atomic mass is 35.5. The first kappa shape index (κ1) is 22.8. The minimum atomic E-state index is -4.20. The predicted molar refractivity (Wildman–Crippen MR) is 120 cm³/mol. The molecule has 0 atom stereocenters. The smallest absolute Gasteiger partial charge is 0.261 e. The number of hydrogen-bond donors (Lipinski definition) is 2. The number of aromatic amines is 1. The van der Waals surface area contributed by atoms with Gasteiger partial charge in [-0.25, -0.2) is 27.2 Å². The van der Waals surface area contributed by atoms with Crippen molar-refractivity contribution in [3.05, 3.63) is 82.4 Å². The van der Waals surface area contributed by atoms with Gasteiger partial charge in [-0.05, 0) is 36.2 Å². The molecule has 0 bridgehead atoms. The average molecular weight is 491 g/mol.